The van der Waals surface area contributed by atoms with Crippen molar-refractivity contribution in [2.45, 2.75) is 17.7 Å². The van der Waals surface area contributed by atoms with E-state index in [2.05, 4.69) is 5.32 Å². The molecule has 6 heteroatoms. The van der Waals surface area contributed by atoms with E-state index in [4.69, 9.17) is 5.14 Å². The normalized spacial score (nSPS) is 20.2. The Labute approximate surface area is 114 Å². The lowest BCUT2D eigenvalue weighted by molar-refractivity contribution is 0.381. The lowest BCUT2D eigenvalue weighted by Gasteiger charge is -2.29. The summed E-state index contributed by atoms with van der Waals surface area (Å²) in [5.41, 5.74) is 0.676. The molecule has 1 aliphatic rings. The molecule has 1 aromatic rings. The monoisotopic (exact) mass is 283 g/mol. The average molecular weight is 283 g/mol. The van der Waals surface area contributed by atoms with E-state index < -0.39 is 10.0 Å². The van der Waals surface area contributed by atoms with Gasteiger partial charge in [0.25, 0.3) is 0 Å². The second-order valence-electron chi connectivity index (χ2n) is 5.11. The number of benzene rings is 1. The fraction of sp³-hybridized carbons (Fsp3) is 0.538. The van der Waals surface area contributed by atoms with Crippen LogP contribution in [0, 0.1) is 5.92 Å². The molecule has 0 saturated carbocycles. The first-order valence-electron chi connectivity index (χ1n) is 6.52. The van der Waals surface area contributed by atoms with Crippen LogP contribution in [-0.4, -0.2) is 35.1 Å². The first-order valence-corrected chi connectivity index (χ1v) is 8.07. The molecular weight excluding hydrogens is 262 g/mol. The minimum atomic E-state index is -3.68. The second kappa shape index (κ2) is 5.90. The maximum Gasteiger partial charge on any atom is 0.240 e. The van der Waals surface area contributed by atoms with E-state index in [1.807, 2.05) is 18.0 Å². The number of nitrogens with zero attached hydrogens (tertiary/aromatic N) is 1. The maximum absolute atomic E-state index is 11.6. The number of anilines is 1. The van der Waals surface area contributed by atoms with Gasteiger partial charge in [-0.15, -0.1) is 0 Å². The second-order valence-corrected chi connectivity index (χ2v) is 6.64. The molecule has 0 aromatic heterocycles. The minimum absolute atomic E-state index is 0.196. The largest absolute Gasteiger partial charge is 0.373 e. The van der Waals surface area contributed by atoms with Gasteiger partial charge in [0, 0.05) is 13.6 Å². The van der Waals surface area contributed by atoms with Crippen molar-refractivity contribution in [2.24, 2.45) is 11.1 Å². The Balaban J connectivity index is 2.16. The van der Waals surface area contributed by atoms with Gasteiger partial charge in [0.15, 0.2) is 0 Å². The van der Waals surface area contributed by atoms with Crippen LogP contribution in [0.15, 0.2) is 29.2 Å². The summed E-state index contributed by atoms with van der Waals surface area (Å²) < 4.78 is 23.2. The zero-order chi connectivity index (χ0) is 13.9. The number of hydrogen-bond acceptors (Lipinski definition) is 4. The topological polar surface area (TPSA) is 75.4 Å². The van der Waals surface area contributed by atoms with E-state index >= 15 is 0 Å². The van der Waals surface area contributed by atoms with Crippen LogP contribution in [0.5, 0.6) is 0 Å². The Bertz CT molecular complexity index is 524. The number of nitrogens with one attached hydrogen (secondary N) is 1. The molecule has 3 N–H and O–H groups in total. The fourth-order valence-corrected chi connectivity index (χ4v) is 3.36. The van der Waals surface area contributed by atoms with Crippen LogP contribution in [0.2, 0.25) is 0 Å². The summed E-state index contributed by atoms with van der Waals surface area (Å²) in [6, 6.07) is 6.88. The standard InChI is InChI=1S/C13H21N3O2S/c1-16(10-11-5-4-8-15-9-11)12-6-2-3-7-13(12)19(14,17)18/h2-3,6-7,11,15H,4-5,8-10H2,1H3,(H2,14,17,18). The van der Waals surface area contributed by atoms with Crippen LogP contribution in [0.4, 0.5) is 5.69 Å². The molecule has 106 valence electrons. The van der Waals surface area contributed by atoms with Gasteiger partial charge in [-0.05, 0) is 44.0 Å². The molecular formula is C13H21N3O2S. The van der Waals surface area contributed by atoms with Gasteiger partial charge in [-0.3, -0.25) is 0 Å². The summed E-state index contributed by atoms with van der Waals surface area (Å²) in [4.78, 5) is 2.18. The molecule has 2 rings (SSSR count). The molecule has 0 bridgehead atoms. The number of para-hydroxylation sites is 1. The number of primary sulfonamides is 1. The van der Waals surface area contributed by atoms with Crippen molar-refractivity contribution < 1.29 is 8.42 Å². The molecule has 1 fully saturated rings. The van der Waals surface area contributed by atoms with Gasteiger partial charge in [-0.1, -0.05) is 12.1 Å². The third kappa shape index (κ3) is 3.68. The van der Waals surface area contributed by atoms with Crippen LogP contribution in [0.1, 0.15) is 12.8 Å². The first kappa shape index (κ1) is 14.3. The number of piperidine rings is 1. The molecule has 0 radical (unpaired) electrons. The predicted molar refractivity (Wildman–Crippen MR) is 76.7 cm³/mol. The van der Waals surface area contributed by atoms with Crippen LogP contribution in [0.25, 0.3) is 0 Å². The first-order chi connectivity index (χ1) is 8.98. The van der Waals surface area contributed by atoms with Crippen molar-refractivity contribution in [1.82, 2.24) is 5.32 Å². The van der Waals surface area contributed by atoms with E-state index in [-0.39, 0.29) is 4.90 Å². The van der Waals surface area contributed by atoms with Crippen LogP contribution in [0.3, 0.4) is 0 Å². The smallest absolute Gasteiger partial charge is 0.240 e. The van der Waals surface area contributed by atoms with Crippen molar-refractivity contribution in [1.29, 1.82) is 0 Å². The quantitative estimate of drug-likeness (QED) is 0.856. The molecule has 0 aliphatic carbocycles. The average Bonchev–Trinajstić information content (AvgIpc) is 2.39. The van der Waals surface area contributed by atoms with Gasteiger partial charge in [0.05, 0.1) is 5.69 Å². The molecule has 1 aliphatic heterocycles. The Morgan fingerprint density at radius 3 is 2.79 bits per heavy atom. The minimum Gasteiger partial charge on any atom is -0.373 e. The Morgan fingerprint density at radius 1 is 1.42 bits per heavy atom. The highest BCUT2D eigenvalue weighted by atomic mass is 32.2. The zero-order valence-corrected chi connectivity index (χ0v) is 12.0. The third-order valence-electron chi connectivity index (χ3n) is 3.51. The molecule has 19 heavy (non-hydrogen) atoms. The summed E-state index contributed by atoms with van der Waals surface area (Å²) in [6.07, 6.45) is 2.35. The number of rotatable bonds is 4. The van der Waals surface area contributed by atoms with E-state index in [1.54, 1.807) is 18.2 Å². The van der Waals surface area contributed by atoms with Crippen LogP contribution in [-0.2, 0) is 10.0 Å². The van der Waals surface area contributed by atoms with Crippen LogP contribution < -0.4 is 15.4 Å². The summed E-state index contributed by atoms with van der Waals surface area (Å²) in [5.74, 6) is 0.548. The maximum atomic E-state index is 11.6. The van der Waals surface area contributed by atoms with Gasteiger partial charge < -0.3 is 10.2 Å². The molecule has 0 amide bonds. The summed E-state index contributed by atoms with van der Waals surface area (Å²) >= 11 is 0. The predicted octanol–water partition coefficient (Wildman–Crippen LogP) is 0.770. The molecule has 1 atom stereocenters. The molecule has 1 aromatic carbocycles. The highest BCUT2D eigenvalue weighted by Crippen LogP contribution is 2.24. The van der Waals surface area contributed by atoms with Crippen molar-refractivity contribution >= 4 is 15.7 Å². The molecule has 1 heterocycles. The van der Waals surface area contributed by atoms with Crippen molar-refractivity contribution in [3.05, 3.63) is 24.3 Å². The van der Waals surface area contributed by atoms with Crippen molar-refractivity contribution in [2.75, 3.05) is 31.6 Å². The number of sulfonamides is 1. The van der Waals surface area contributed by atoms with Crippen LogP contribution >= 0.6 is 0 Å². The highest BCUT2D eigenvalue weighted by molar-refractivity contribution is 7.89. The Kier molecular flexibility index (Phi) is 4.44. The number of hydrogen-bond donors (Lipinski definition) is 2. The van der Waals surface area contributed by atoms with E-state index in [1.165, 1.54) is 12.8 Å². The highest BCUT2D eigenvalue weighted by Gasteiger charge is 2.19. The number of nitrogens with two attached hydrogens (primary N) is 1. The third-order valence-corrected chi connectivity index (χ3v) is 4.47. The zero-order valence-electron chi connectivity index (χ0n) is 11.2. The lowest BCUT2D eigenvalue weighted by atomic mass is 9.99. The Morgan fingerprint density at radius 2 is 2.16 bits per heavy atom. The Hall–Kier alpha value is -1.11. The molecule has 1 unspecified atom stereocenters. The molecule has 0 spiro atoms. The SMILES string of the molecule is CN(CC1CCCNC1)c1ccccc1S(N)(=O)=O. The molecule has 5 nitrogen and oxygen atoms in total. The van der Waals surface area contributed by atoms with Crippen molar-refractivity contribution in [3.8, 4) is 0 Å². The van der Waals surface area contributed by atoms with Gasteiger partial charge in [-0.25, -0.2) is 13.6 Å². The molecule has 1 saturated heterocycles. The van der Waals surface area contributed by atoms with E-state index in [9.17, 15) is 8.42 Å². The van der Waals surface area contributed by atoms with Gasteiger partial charge >= 0.3 is 0 Å². The summed E-state index contributed by atoms with van der Waals surface area (Å²) in [5, 5.41) is 8.63. The lowest BCUT2D eigenvalue weighted by Crippen LogP contribution is -2.37. The van der Waals surface area contributed by atoms with Crippen molar-refractivity contribution in [3.63, 3.8) is 0 Å². The van der Waals surface area contributed by atoms with Gasteiger partial charge in [-0.2, -0.15) is 0 Å². The van der Waals surface area contributed by atoms with E-state index in [0.717, 1.165) is 19.6 Å². The van der Waals surface area contributed by atoms with Gasteiger partial charge in [0.2, 0.25) is 10.0 Å². The van der Waals surface area contributed by atoms with E-state index in [0.29, 0.717) is 11.6 Å². The summed E-state index contributed by atoms with van der Waals surface area (Å²) in [7, 11) is -1.76. The fourth-order valence-electron chi connectivity index (χ4n) is 2.58. The van der Waals surface area contributed by atoms with Gasteiger partial charge in [0.1, 0.15) is 4.90 Å². The summed E-state index contributed by atoms with van der Waals surface area (Å²) in [6.45, 7) is 2.90.